The van der Waals surface area contributed by atoms with Gasteiger partial charge in [0, 0.05) is 19.6 Å². The van der Waals surface area contributed by atoms with Crippen molar-refractivity contribution in [2.75, 3.05) is 54.1 Å². The second kappa shape index (κ2) is 40.3. The van der Waals surface area contributed by atoms with Crippen LogP contribution in [0.1, 0.15) is 232 Å². The lowest BCUT2D eigenvalue weighted by Crippen LogP contribution is -2.38. The fourth-order valence-corrected chi connectivity index (χ4v) is 7.95. The van der Waals surface area contributed by atoms with Gasteiger partial charge in [0.05, 0.1) is 27.7 Å². The van der Waals surface area contributed by atoms with Crippen molar-refractivity contribution in [3.63, 3.8) is 0 Å². The number of nitrogens with zero attached hydrogens (tertiary/aromatic N) is 1. The molecule has 0 aliphatic rings. The largest absolute Gasteiger partial charge is 0.472 e. The molecule has 2 atom stereocenters. The fourth-order valence-electron chi connectivity index (χ4n) is 7.07. The van der Waals surface area contributed by atoms with Gasteiger partial charge in [-0.1, -0.05) is 213 Å². The molecule has 0 rings (SSSR count). The van der Waals surface area contributed by atoms with Crippen LogP contribution >= 0.6 is 7.82 Å². The summed E-state index contributed by atoms with van der Waals surface area (Å²) in [5, 5.41) is 2.91. The van der Waals surface area contributed by atoms with Crippen molar-refractivity contribution < 1.29 is 32.5 Å². The highest BCUT2D eigenvalue weighted by molar-refractivity contribution is 7.47. The second-order valence-corrected chi connectivity index (χ2v) is 19.0. The zero-order valence-corrected chi connectivity index (χ0v) is 38.4. The summed E-state index contributed by atoms with van der Waals surface area (Å²) in [6.45, 7) is 6.08. The summed E-state index contributed by atoms with van der Waals surface area (Å²) in [6.07, 6.45) is 43.1. The van der Waals surface area contributed by atoms with Crippen LogP contribution in [0.15, 0.2) is 0 Å². The Kier molecular flexibility index (Phi) is 39.9. The van der Waals surface area contributed by atoms with Gasteiger partial charge in [-0.3, -0.25) is 13.8 Å². The lowest BCUT2D eigenvalue weighted by atomic mass is 10.0. The number of hydrogen-bond donors (Lipinski definition) is 2. The van der Waals surface area contributed by atoms with E-state index in [-0.39, 0.29) is 25.7 Å². The Labute approximate surface area is 343 Å². The first-order valence-electron chi connectivity index (χ1n) is 23.9. The second-order valence-electron chi connectivity index (χ2n) is 17.6. The number of carbonyl (C=O) groups excluding carboxylic acids is 1. The highest BCUT2D eigenvalue weighted by atomic mass is 31.2. The predicted molar refractivity (Wildman–Crippen MR) is 236 cm³/mol. The fraction of sp³-hybridized carbons (Fsp3) is 0.978. The Morgan fingerprint density at radius 1 is 0.545 bits per heavy atom. The molecule has 0 saturated heterocycles. The summed E-state index contributed by atoms with van der Waals surface area (Å²) < 4.78 is 30.0. The molecule has 0 radical (unpaired) electrons. The number of hydrogen-bond acceptors (Lipinski definition) is 5. The topological polar surface area (TPSA) is 94.1 Å². The third-order valence-electron chi connectivity index (χ3n) is 10.8. The molecule has 0 aliphatic carbocycles. The Hall–Kier alpha value is -0.500. The number of nitrogens with one attached hydrogen (secondary N) is 1. The van der Waals surface area contributed by atoms with Gasteiger partial charge >= 0.3 is 7.82 Å². The van der Waals surface area contributed by atoms with Crippen molar-refractivity contribution in [3.05, 3.63) is 0 Å². The zero-order valence-electron chi connectivity index (χ0n) is 37.5. The molecule has 0 aromatic carbocycles. The van der Waals surface area contributed by atoms with Crippen LogP contribution in [0.5, 0.6) is 0 Å². The van der Waals surface area contributed by atoms with Gasteiger partial charge in [0.2, 0.25) is 5.91 Å². The van der Waals surface area contributed by atoms with Crippen LogP contribution in [0.25, 0.3) is 0 Å². The molecule has 0 aliphatic heterocycles. The van der Waals surface area contributed by atoms with E-state index in [2.05, 4.69) is 19.2 Å². The average Bonchev–Trinajstić information content (AvgIpc) is 3.13. The Balaban J connectivity index is 4.09. The van der Waals surface area contributed by atoms with Gasteiger partial charge in [0.25, 0.3) is 0 Å². The number of amides is 1. The number of phosphoric ester groups is 1. The third-order valence-corrected chi connectivity index (χ3v) is 11.9. The highest BCUT2D eigenvalue weighted by Gasteiger charge is 2.28. The molecule has 330 valence electrons. The van der Waals surface area contributed by atoms with Gasteiger partial charge in [0.15, 0.2) is 0 Å². The molecule has 0 saturated carbocycles. The van der Waals surface area contributed by atoms with Crippen LogP contribution in [-0.2, 0) is 23.1 Å². The van der Waals surface area contributed by atoms with Crippen LogP contribution in [0.4, 0.5) is 0 Å². The first-order chi connectivity index (χ1) is 26.6. The molecular weight excluding hydrogens is 707 g/mol. The summed E-state index contributed by atoms with van der Waals surface area (Å²) in [6, 6.07) is 0. The van der Waals surface area contributed by atoms with E-state index in [0.29, 0.717) is 24.1 Å². The van der Waals surface area contributed by atoms with Gasteiger partial charge in [-0.25, -0.2) is 4.57 Å². The van der Waals surface area contributed by atoms with Crippen molar-refractivity contribution in [2.24, 2.45) is 0 Å². The van der Waals surface area contributed by atoms with E-state index in [1.807, 2.05) is 21.1 Å². The molecule has 0 spiro atoms. The molecule has 0 aromatic heterocycles. The van der Waals surface area contributed by atoms with Crippen molar-refractivity contribution in [2.45, 2.75) is 238 Å². The van der Waals surface area contributed by atoms with Crippen LogP contribution in [0, 0.1) is 0 Å². The molecule has 1 amide bonds. The van der Waals surface area contributed by atoms with Gasteiger partial charge in [-0.15, -0.1) is 0 Å². The Morgan fingerprint density at radius 3 is 1.25 bits per heavy atom. The van der Waals surface area contributed by atoms with E-state index >= 15 is 0 Å². The van der Waals surface area contributed by atoms with E-state index in [0.717, 1.165) is 25.7 Å². The first kappa shape index (κ1) is 54.5. The number of likely N-dealkylation sites (N-methyl/N-ethyl adjacent to an activating group) is 1. The average molecular weight is 804 g/mol. The number of ether oxygens (including phenoxy) is 1. The van der Waals surface area contributed by atoms with Crippen molar-refractivity contribution in [1.29, 1.82) is 0 Å². The number of unbranched alkanes of at least 4 members (excludes halogenated alkanes) is 31. The van der Waals surface area contributed by atoms with Crippen LogP contribution < -0.4 is 5.32 Å². The van der Waals surface area contributed by atoms with E-state index in [1.165, 1.54) is 186 Å². The minimum Gasteiger partial charge on any atom is -0.379 e. The normalized spacial score (nSPS) is 13.6. The monoisotopic (exact) mass is 804 g/mol. The minimum absolute atomic E-state index is 0.0504. The van der Waals surface area contributed by atoms with Crippen LogP contribution in [-0.4, -0.2) is 75.4 Å². The molecule has 0 bridgehead atoms. The van der Waals surface area contributed by atoms with Crippen molar-refractivity contribution in [3.8, 4) is 0 Å². The van der Waals surface area contributed by atoms with E-state index in [4.69, 9.17) is 13.8 Å². The van der Waals surface area contributed by atoms with Gasteiger partial charge in [-0.05, 0) is 12.8 Å². The lowest BCUT2D eigenvalue weighted by molar-refractivity contribution is -0.870. The zero-order chi connectivity index (χ0) is 40.6. The van der Waals surface area contributed by atoms with Gasteiger partial charge in [-0.2, -0.15) is 0 Å². The maximum absolute atomic E-state index is 12.7. The Bertz CT molecular complexity index is 855. The van der Waals surface area contributed by atoms with Crippen molar-refractivity contribution >= 4 is 13.7 Å². The standard InChI is InChI=1S/C46H95N2O6P/c1-6-8-10-12-14-16-18-20-22-23-24-26-28-30-32-34-36-38-41-52-44-45(54-55(50,51)53-42-40-48(3,4)5)43-47-46(49)39-37-35-33-31-29-27-25-21-19-17-15-13-11-9-7-2/h45H,6-44H2,1-5H3,(H-,47,49,50,51)/p+1. The molecule has 0 aromatic rings. The summed E-state index contributed by atoms with van der Waals surface area (Å²) in [4.78, 5) is 23.0. The predicted octanol–water partition coefficient (Wildman–Crippen LogP) is 13.6. The number of phosphoric acid groups is 1. The molecule has 55 heavy (non-hydrogen) atoms. The van der Waals surface area contributed by atoms with Gasteiger partial charge < -0.3 is 19.4 Å². The van der Waals surface area contributed by atoms with E-state index < -0.39 is 13.9 Å². The molecular formula is C46H96N2O6P+. The van der Waals surface area contributed by atoms with Crippen LogP contribution in [0.3, 0.4) is 0 Å². The quantitative estimate of drug-likeness (QED) is 0.0362. The van der Waals surface area contributed by atoms with Gasteiger partial charge in [0.1, 0.15) is 19.3 Å². The minimum atomic E-state index is -4.29. The molecule has 2 N–H and O–H groups in total. The third kappa shape index (κ3) is 44.4. The van der Waals surface area contributed by atoms with Crippen LogP contribution in [0.2, 0.25) is 0 Å². The number of carbonyl (C=O) groups is 1. The summed E-state index contributed by atoms with van der Waals surface area (Å²) in [7, 11) is 1.71. The maximum Gasteiger partial charge on any atom is 0.472 e. The Morgan fingerprint density at radius 2 is 0.891 bits per heavy atom. The first-order valence-corrected chi connectivity index (χ1v) is 25.4. The molecule has 0 heterocycles. The summed E-state index contributed by atoms with van der Waals surface area (Å²) in [5.74, 6) is -0.0504. The molecule has 9 heteroatoms. The van der Waals surface area contributed by atoms with E-state index in [9.17, 15) is 14.3 Å². The maximum atomic E-state index is 12.7. The molecule has 0 fully saturated rings. The number of rotatable bonds is 45. The summed E-state index contributed by atoms with van der Waals surface area (Å²) in [5.41, 5.74) is 0. The molecule has 2 unspecified atom stereocenters. The summed E-state index contributed by atoms with van der Waals surface area (Å²) >= 11 is 0. The lowest BCUT2D eigenvalue weighted by Gasteiger charge is -2.25. The highest BCUT2D eigenvalue weighted by Crippen LogP contribution is 2.44. The van der Waals surface area contributed by atoms with E-state index in [1.54, 1.807) is 0 Å². The smallest absolute Gasteiger partial charge is 0.379 e. The number of quaternary nitrogens is 1. The SMILES string of the molecule is CCCCCCCCCCCCCCCCCCCCOCC(CNC(=O)CCCCCCCCCCCCCCCCC)OP(=O)(O)OCC[N+](C)(C)C. The molecule has 8 nitrogen and oxygen atoms in total. The van der Waals surface area contributed by atoms with Crippen molar-refractivity contribution in [1.82, 2.24) is 5.32 Å².